The highest BCUT2D eigenvalue weighted by Crippen LogP contribution is 2.31. The second-order valence-corrected chi connectivity index (χ2v) is 4.69. The largest absolute Gasteiger partial charge is 0.475 e. The van der Waals surface area contributed by atoms with E-state index in [1.54, 1.807) is 6.92 Å². The van der Waals surface area contributed by atoms with E-state index < -0.39 is 6.23 Å². The maximum Gasteiger partial charge on any atom is 0.224 e. The third-order valence-electron chi connectivity index (χ3n) is 3.08. The number of benzene rings is 1. The zero-order chi connectivity index (χ0) is 13.8. The normalized spacial score (nSPS) is 17.3. The van der Waals surface area contributed by atoms with Crippen LogP contribution in [0.2, 0.25) is 0 Å². The van der Waals surface area contributed by atoms with Gasteiger partial charge < -0.3 is 15.2 Å². The summed E-state index contributed by atoms with van der Waals surface area (Å²) < 4.78 is 5.89. The van der Waals surface area contributed by atoms with Gasteiger partial charge in [-0.05, 0) is 31.9 Å². The van der Waals surface area contributed by atoms with Crippen LogP contribution in [0, 0.1) is 0 Å². The van der Waals surface area contributed by atoms with Gasteiger partial charge in [-0.2, -0.15) is 0 Å². The molecular formula is C14H20N2O3. The number of aliphatic hydroxyl groups excluding tert-OH is 1. The Morgan fingerprint density at radius 3 is 2.95 bits per heavy atom. The molecule has 2 atom stereocenters. The van der Waals surface area contributed by atoms with Gasteiger partial charge >= 0.3 is 0 Å². The maximum atomic E-state index is 11.4. The Labute approximate surface area is 113 Å². The minimum Gasteiger partial charge on any atom is -0.475 e. The fourth-order valence-electron chi connectivity index (χ4n) is 2.16. The molecule has 2 rings (SSSR count). The highest BCUT2D eigenvalue weighted by molar-refractivity contribution is 5.94. The van der Waals surface area contributed by atoms with Crippen molar-refractivity contribution < 1.29 is 14.6 Å². The first-order chi connectivity index (χ1) is 9.10. The monoisotopic (exact) mass is 264 g/mol. The van der Waals surface area contributed by atoms with E-state index >= 15 is 0 Å². The first kappa shape index (κ1) is 13.8. The summed E-state index contributed by atoms with van der Waals surface area (Å²) in [7, 11) is 0. The molecule has 0 aliphatic carbocycles. The Morgan fingerprint density at radius 2 is 2.26 bits per heavy atom. The van der Waals surface area contributed by atoms with Crippen LogP contribution < -0.4 is 15.4 Å². The molecule has 1 aliphatic heterocycles. The fourth-order valence-corrected chi connectivity index (χ4v) is 2.16. The molecule has 5 heteroatoms. The van der Waals surface area contributed by atoms with Crippen molar-refractivity contribution in [3.05, 3.63) is 23.8 Å². The van der Waals surface area contributed by atoms with E-state index in [4.69, 9.17) is 4.74 Å². The zero-order valence-corrected chi connectivity index (χ0v) is 11.3. The predicted molar refractivity (Wildman–Crippen MR) is 72.9 cm³/mol. The number of carbonyl (C=O) groups excluding carboxylic acids is 1. The summed E-state index contributed by atoms with van der Waals surface area (Å²) in [5, 5.41) is 15.1. The molecule has 1 amide bonds. The number of nitrogens with one attached hydrogen (secondary N) is 2. The van der Waals surface area contributed by atoms with Crippen molar-refractivity contribution >= 4 is 11.6 Å². The number of hydrogen-bond donors (Lipinski definition) is 3. The van der Waals surface area contributed by atoms with Gasteiger partial charge in [0.1, 0.15) is 12.0 Å². The molecule has 0 radical (unpaired) electrons. The van der Waals surface area contributed by atoms with Crippen LogP contribution in [0.4, 0.5) is 5.69 Å². The standard InChI is InChI=1S/C14H20N2O3/c1-3-14(15-9(2)17)19-12-6-4-5-11-10(12)7-8-13(18)16-11/h4-6,9,14-15,17H,3,7-8H2,1-2H3,(H,16,18). The summed E-state index contributed by atoms with van der Waals surface area (Å²) in [6, 6.07) is 5.62. The lowest BCUT2D eigenvalue weighted by molar-refractivity contribution is -0.116. The molecule has 1 aromatic carbocycles. The number of rotatable bonds is 5. The maximum absolute atomic E-state index is 11.4. The third kappa shape index (κ3) is 3.45. The van der Waals surface area contributed by atoms with Crippen molar-refractivity contribution in [3.8, 4) is 5.75 Å². The SMILES string of the molecule is CCC(NC(C)O)Oc1cccc2c1CCC(=O)N2. The van der Waals surface area contributed by atoms with E-state index in [9.17, 15) is 9.90 Å². The van der Waals surface area contributed by atoms with E-state index in [-0.39, 0.29) is 12.1 Å². The van der Waals surface area contributed by atoms with Crippen molar-refractivity contribution in [3.63, 3.8) is 0 Å². The van der Waals surface area contributed by atoms with Gasteiger partial charge in [-0.3, -0.25) is 10.1 Å². The van der Waals surface area contributed by atoms with Gasteiger partial charge in [-0.25, -0.2) is 0 Å². The number of hydrogen-bond acceptors (Lipinski definition) is 4. The molecule has 0 saturated carbocycles. The van der Waals surface area contributed by atoms with Crippen molar-refractivity contribution in [1.82, 2.24) is 5.32 Å². The summed E-state index contributed by atoms with van der Waals surface area (Å²) in [6.45, 7) is 3.64. The zero-order valence-electron chi connectivity index (χ0n) is 11.3. The second-order valence-electron chi connectivity index (χ2n) is 4.69. The first-order valence-electron chi connectivity index (χ1n) is 6.62. The number of anilines is 1. The Kier molecular flexibility index (Phi) is 4.39. The van der Waals surface area contributed by atoms with Gasteiger partial charge in [-0.15, -0.1) is 0 Å². The number of amides is 1. The average molecular weight is 264 g/mol. The van der Waals surface area contributed by atoms with Crippen LogP contribution in [-0.4, -0.2) is 23.5 Å². The van der Waals surface area contributed by atoms with Crippen molar-refractivity contribution in [2.75, 3.05) is 5.32 Å². The molecule has 0 bridgehead atoms. The molecule has 0 aromatic heterocycles. The molecule has 0 spiro atoms. The van der Waals surface area contributed by atoms with Gasteiger partial charge in [0.15, 0.2) is 6.23 Å². The van der Waals surface area contributed by atoms with E-state index in [0.29, 0.717) is 12.8 Å². The fraction of sp³-hybridized carbons (Fsp3) is 0.500. The number of fused-ring (bicyclic) bond motifs is 1. The van der Waals surface area contributed by atoms with E-state index in [0.717, 1.165) is 23.4 Å². The molecule has 0 fully saturated rings. The average Bonchev–Trinajstić information content (AvgIpc) is 2.37. The number of aliphatic hydroxyl groups is 1. The number of carbonyl (C=O) groups is 1. The van der Waals surface area contributed by atoms with Crippen LogP contribution >= 0.6 is 0 Å². The van der Waals surface area contributed by atoms with E-state index in [1.165, 1.54) is 0 Å². The lowest BCUT2D eigenvalue weighted by atomic mass is 10.0. The molecule has 1 heterocycles. The molecule has 0 saturated heterocycles. The minimum absolute atomic E-state index is 0.0406. The lowest BCUT2D eigenvalue weighted by Crippen LogP contribution is -2.40. The molecule has 2 unspecified atom stereocenters. The highest BCUT2D eigenvalue weighted by Gasteiger charge is 2.20. The van der Waals surface area contributed by atoms with Crippen LogP contribution in [-0.2, 0) is 11.2 Å². The summed E-state index contributed by atoms with van der Waals surface area (Å²) in [4.78, 5) is 11.4. The van der Waals surface area contributed by atoms with Gasteiger partial charge in [0, 0.05) is 17.7 Å². The topological polar surface area (TPSA) is 70.6 Å². The van der Waals surface area contributed by atoms with E-state index in [2.05, 4.69) is 10.6 Å². The Morgan fingerprint density at radius 1 is 1.47 bits per heavy atom. The van der Waals surface area contributed by atoms with Crippen LogP contribution in [0.5, 0.6) is 5.75 Å². The van der Waals surface area contributed by atoms with Crippen molar-refractivity contribution in [2.45, 2.75) is 45.6 Å². The molecule has 19 heavy (non-hydrogen) atoms. The lowest BCUT2D eigenvalue weighted by Gasteiger charge is -2.25. The van der Waals surface area contributed by atoms with Crippen LogP contribution in [0.1, 0.15) is 32.3 Å². The minimum atomic E-state index is -0.621. The Bertz CT molecular complexity index is 460. The Balaban J connectivity index is 2.16. The molecule has 104 valence electrons. The van der Waals surface area contributed by atoms with Crippen LogP contribution in [0.25, 0.3) is 0 Å². The molecule has 3 N–H and O–H groups in total. The summed E-state index contributed by atoms with van der Waals surface area (Å²) in [5.74, 6) is 0.802. The second kappa shape index (κ2) is 6.04. The quantitative estimate of drug-likeness (QED) is 0.707. The van der Waals surface area contributed by atoms with Crippen LogP contribution in [0.15, 0.2) is 18.2 Å². The van der Waals surface area contributed by atoms with Crippen LogP contribution in [0.3, 0.4) is 0 Å². The van der Waals surface area contributed by atoms with Crippen molar-refractivity contribution in [2.24, 2.45) is 0 Å². The van der Waals surface area contributed by atoms with Gasteiger partial charge in [0.05, 0.1) is 0 Å². The van der Waals surface area contributed by atoms with Crippen molar-refractivity contribution in [1.29, 1.82) is 0 Å². The molecule has 1 aromatic rings. The van der Waals surface area contributed by atoms with Gasteiger partial charge in [-0.1, -0.05) is 13.0 Å². The van der Waals surface area contributed by atoms with Gasteiger partial charge in [0.2, 0.25) is 5.91 Å². The first-order valence-corrected chi connectivity index (χ1v) is 6.62. The molecule has 5 nitrogen and oxygen atoms in total. The Hall–Kier alpha value is -1.59. The highest BCUT2D eigenvalue weighted by atomic mass is 16.5. The molecular weight excluding hydrogens is 244 g/mol. The third-order valence-corrected chi connectivity index (χ3v) is 3.08. The molecule has 1 aliphatic rings. The number of ether oxygens (including phenoxy) is 1. The smallest absolute Gasteiger partial charge is 0.224 e. The van der Waals surface area contributed by atoms with E-state index in [1.807, 2.05) is 25.1 Å². The summed E-state index contributed by atoms with van der Waals surface area (Å²) >= 11 is 0. The predicted octanol–water partition coefficient (Wildman–Crippen LogP) is 1.61. The van der Waals surface area contributed by atoms with Gasteiger partial charge in [0.25, 0.3) is 0 Å². The summed E-state index contributed by atoms with van der Waals surface area (Å²) in [6.07, 6.45) is 1.03. The summed E-state index contributed by atoms with van der Waals surface area (Å²) in [5.41, 5.74) is 1.84.